The Kier molecular flexibility index (Phi) is 3.10. The second kappa shape index (κ2) is 3.46. The van der Waals surface area contributed by atoms with Crippen molar-refractivity contribution in [3.05, 3.63) is 24.6 Å². The van der Waals surface area contributed by atoms with Crippen LogP contribution in [0.1, 0.15) is 0 Å². The van der Waals surface area contributed by atoms with Gasteiger partial charge in [0, 0.05) is 6.08 Å². The molecule has 40 valence electrons. The largest absolute Gasteiger partial charge is 0.215 e. The molecule has 0 aromatic rings. The van der Waals surface area contributed by atoms with Crippen LogP contribution in [0.3, 0.4) is 0 Å². The maximum Gasteiger partial charge on any atom is 0.153 e. The normalized spacial score (nSPS) is 13.3. The predicted molar refractivity (Wildman–Crippen MR) is 20.5 cm³/mol. The van der Waals surface area contributed by atoms with Crippen LogP contribution in [0, 0.1) is 0 Å². The van der Waals surface area contributed by atoms with Crippen molar-refractivity contribution < 1.29 is 13.2 Å². The smallest absolute Gasteiger partial charge is 0.153 e. The maximum atomic E-state index is 11.3. The van der Waals surface area contributed by atoms with Crippen molar-refractivity contribution in [2.75, 3.05) is 0 Å². The lowest BCUT2D eigenvalue weighted by atomic mass is 10.6. The minimum absolute atomic E-state index is 0.0780. The fraction of sp³-hybridized carbons (Fsp3) is 0. The van der Waals surface area contributed by atoms with Gasteiger partial charge in [-0.1, -0.05) is 0 Å². The number of rotatable bonds is 1. The lowest BCUT2D eigenvalue weighted by molar-refractivity contribution is 0.600. The molecule has 3 heteroatoms. The van der Waals surface area contributed by atoms with Crippen LogP contribution >= 0.6 is 0 Å². The van der Waals surface area contributed by atoms with Crippen molar-refractivity contribution in [3.63, 3.8) is 0 Å². The molecule has 0 saturated carbocycles. The molecule has 0 amide bonds. The fourth-order valence-corrected chi connectivity index (χ4v) is 0.0965. The van der Waals surface area contributed by atoms with Crippen molar-refractivity contribution >= 4 is 0 Å². The van der Waals surface area contributed by atoms with Crippen molar-refractivity contribution in [1.29, 1.82) is 0 Å². The minimum Gasteiger partial charge on any atom is -0.215 e. The first-order chi connectivity index (χ1) is 3.31. The van der Waals surface area contributed by atoms with Gasteiger partial charge in [-0.2, -0.15) is 0 Å². The minimum atomic E-state index is -1.22. The Bertz CT molecular complexity index is 93.1. The topological polar surface area (TPSA) is 0 Å². The van der Waals surface area contributed by atoms with E-state index >= 15 is 0 Å². The third-order valence-electron chi connectivity index (χ3n) is 0.326. The van der Waals surface area contributed by atoms with Crippen LogP contribution in [0.5, 0.6) is 0 Å². The van der Waals surface area contributed by atoms with Gasteiger partial charge in [0.1, 0.15) is 6.33 Å². The third-order valence-corrected chi connectivity index (χ3v) is 0.326. The van der Waals surface area contributed by atoms with E-state index in [1.54, 1.807) is 0 Å². The molecule has 0 unspecified atom stereocenters. The Morgan fingerprint density at radius 1 is 1.29 bits per heavy atom. The highest BCUT2D eigenvalue weighted by atomic mass is 19.2. The predicted octanol–water partition coefficient (Wildman–Crippen LogP) is 2.25. The first-order valence-corrected chi connectivity index (χ1v) is 1.54. The van der Waals surface area contributed by atoms with E-state index in [0.717, 1.165) is 0 Å². The molecule has 0 N–H and O–H groups in total. The van der Waals surface area contributed by atoms with E-state index in [1.165, 1.54) is 0 Å². The van der Waals surface area contributed by atoms with Crippen LogP contribution < -0.4 is 0 Å². The van der Waals surface area contributed by atoms with Crippen molar-refractivity contribution in [2.45, 2.75) is 0 Å². The quantitative estimate of drug-likeness (QED) is 0.452. The standard InChI is InChI=1S/C4H3F3/c5-2-1-4(7)3-6/h1-3H/b2-1+,4-3-. The Labute approximate surface area is 39.0 Å². The second-order valence-electron chi connectivity index (χ2n) is 0.787. The second-order valence-corrected chi connectivity index (χ2v) is 0.787. The summed E-state index contributed by atoms with van der Waals surface area (Å²) in [4.78, 5) is 0. The van der Waals surface area contributed by atoms with E-state index in [4.69, 9.17) is 0 Å². The van der Waals surface area contributed by atoms with Crippen LogP contribution in [-0.4, -0.2) is 0 Å². The van der Waals surface area contributed by atoms with Crippen LogP contribution in [0.25, 0.3) is 0 Å². The molecule has 0 aromatic heterocycles. The summed E-state index contributed by atoms with van der Waals surface area (Å²) in [5.41, 5.74) is 0. The molecule has 0 bridgehead atoms. The summed E-state index contributed by atoms with van der Waals surface area (Å²) >= 11 is 0. The van der Waals surface area contributed by atoms with Gasteiger partial charge in [-0.05, 0) is 0 Å². The molecule has 7 heavy (non-hydrogen) atoms. The summed E-state index contributed by atoms with van der Waals surface area (Å²) in [5.74, 6) is -1.22. The van der Waals surface area contributed by atoms with Gasteiger partial charge in [0.2, 0.25) is 0 Å². The highest BCUT2D eigenvalue weighted by Gasteiger charge is 1.80. The van der Waals surface area contributed by atoms with E-state index < -0.39 is 5.83 Å². The molecule has 0 spiro atoms. The van der Waals surface area contributed by atoms with Gasteiger partial charge in [-0.25, -0.2) is 13.2 Å². The Hall–Kier alpha value is -0.730. The Morgan fingerprint density at radius 3 is 2.00 bits per heavy atom. The van der Waals surface area contributed by atoms with Crippen molar-refractivity contribution in [2.24, 2.45) is 0 Å². The van der Waals surface area contributed by atoms with Gasteiger partial charge in [-0.3, -0.25) is 0 Å². The summed E-state index contributed by atoms with van der Waals surface area (Å²) in [6, 6.07) is 0. The van der Waals surface area contributed by atoms with Crippen LogP contribution in [-0.2, 0) is 0 Å². The average Bonchev–Trinajstić information content (AvgIpc) is 1.68. The molecular formula is C4H3F3. The summed E-state index contributed by atoms with van der Waals surface area (Å²) in [6.07, 6.45) is -0.0263. The van der Waals surface area contributed by atoms with Gasteiger partial charge in [0.25, 0.3) is 0 Å². The van der Waals surface area contributed by atoms with Crippen molar-refractivity contribution in [3.8, 4) is 0 Å². The molecule has 0 aliphatic heterocycles. The molecule has 0 fully saturated rings. The van der Waals surface area contributed by atoms with E-state index in [-0.39, 0.29) is 12.7 Å². The highest BCUT2D eigenvalue weighted by molar-refractivity contribution is 5.04. The summed E-state index contributed by atoms with van der Waals surface area (Å²) in [6.45, 7) is 0. The van der Waals surface area contributed by atoms with Crippen LogP contribution in [0.4, 0.5) is 13.2 Å². The third kappa shape index (κ3) is 3.09. The highest BCUT2D eigenvalue weighted by Crippen LogP contribution is 1.97. The van der Waals surface area contributed by atoms with E-state index in [0.29, 0.717) is 6.08 Å². The van der Waals surface area contributed by atoms with Crippen LogP contribution in [0.2, 0.25) is 0 Å². The SMILES string of the molecule is F/C=C(F)/C=C/F. The van der Waals surface area contributed by atoms with Gasteiger partial charge < -0.3 is 0 Å². The molecule has 0 saturated heterocycles. The molecular weight excluding hydrogens is 105 g/mol. The van der Waals surface area contributed by atoms with Gasteiger partial charge in [-0.15, -0.1) is 0 Å². The fourth-order valence-electron chi connectivity index (χ4n) is 0.0965. The van der Waals surface area contributed by atoms with Crippen LogP contribution in [0.15, 0.2) is 24.6 Å². The first kappa shape index (κ1) is 6.27. The molecule has 0 aliphatic carbocycles. The Morgan fingerprint density at radius 2 is 1.86 bits per heavy atom. The average molecular weight is 108 g/mol. The number of hydrogen-bond donors (Lipinski definition) is 0. The molecule has 0 heterocycles. The van der Waals surface area contributed by atoms with Gasteiger partial charge in [0.15, 0.2) is 5.83 Å². The summed E-state index contributed by atoms with van der Waals surface area (Å²) < 4.78 is 32.9. The lowest BCUT2D eigenvalue weighted by Gasteiger charge is -1.71. The zero-order valence-electron chi connectivity index (χ0n) is 3.37. The molecule has 0 rings (SSSR count). The Balaban J connectivity index is 3.58. The number of allylic oxidation sites excluding steroid dienone is 2. The van der Waals surface area contributed by atoms with Crippen molar-refractivity contribution in [1.82, 2.24) is 0 Å². The van der Waals surface area contributed by atoms with E-state index in [2.05, 4.69) is 0 Å². The summed E-state index contributed by atoms with van der Waals surface area (Å²) in [7, 11) is 0. The summed E-state index contributed by atoms with van der Waals surface area (Å²) in [5, 5.41) is 0. The van der Waals surface area contributed by atoms with Gasteiger partial charge in [0.05, 0.1) is 6.33 Å². The number of halogens is 3. The lowest BCUT2D eigenvalue weighted by Crippen LogP contribution is -1.55. The van der Waals surface area contributed by atoms with E-state index in [1.807, 2.05) is 0 Å². The molecule has 0 aliphatic rings. The number of hydrogen-bond acceptors (Lipinski definition) is 0. The van der Waals surface area contributed by atoms with E-state index in [9.17, 15) is 13.2 Å². The molecule has 0 nitrogen and oxygen atoms in total. The first-order valence-electron chi connectivity index (χ1n) is 1.54. The maximum absolute atomic E-state index is 11.3. The molecule has 0 radical (unpaired) electrons. The molecule has 0 atom stereocenters. The monoisotopic (exact) mass is 108 g/mol. The zero-order chi connectivity index (χ0) is 5.70. The molecule has 0 aromatic carbocycles. The zero-order valence-corrected chi connectivity index (χ0v) is 3.37. The van der Waals surface area contributed by atoms with Gasteiger partial charge >= 0.3 is 0 Å².